The standard InChI is InChI=1S/C9H15N3O4/c1-6(13)10-11-8(14)5-12-3-2-7(4-12)9(15)16/h7H,2-5H2,1H3,(H,10,13)(H,11,14)(H,15,16). The van der Waals surface area contributed by atoms with Gasteiger partial charge in [0.2, 0.25) is 5.91 Å². The highest BCUT2D eigenvalue weighted by Crippen LogP contribution is 2.15. The average Bonchev–Trinajstić information content (AvgIpc) is 2.63. The van der Waals surface area contributed by atoms with E-state index in [1.54, 1.807) is 4.90 Å². The average molecular weight is 229 g/mol. The van der Waals surface area contributed by atoms with Crippen LogP contribution in [-0.2, 0) is 14.4 Å². The summed E-state index contributed by atoms with van der Waals surface area (Å²) in [6.07, 6.45) is 0.558. The van der Waals surface area contributed by atoms with Crippen LogP contribution in [0.1, 0.15) is 13.3 Å². The van der Waals surface area contributed by atoms with Crippen molar-refractivity contribution < 1.29 is 19.5 Å². The van der Waals surface area contributed by atoms with Gasteiger partial charge in [0.05, 0.1) is 12.5 Å². The van der Waals surface area contributed by atoms with Gasteiger partial charge in [-0.2, -0.15) is 0 Å². The molecule has 0 radical (unpaired) electrons. The first-order valence-corrected chi connectivity index (χ1v) is 4.99. The van der Waals surface area contributed by atoms with Crippen molar-refractivity contribution in [3.63, 3.8) is 0 Å². The van der Waals surface area contributed by atoms with E-state index in [1.165, 1.54) is 6.92 Å². The lowest BCUT2D eigenvalue weighted by molar-refractivity contribution is -0.141. The number of carboxylic acids is 1. The van der Waals surface area contributed by atoms with E-state index in [2.05, 4.69) is 10.9 Å². The summed E-state index contributed by atoms with van der Waals surface area (Å²) in [5.41, 5.74) is 4.40. The molecule has 90 valence electrons. The Morgan fingerprint density at radius 1 is 1.38 bits per heavy atom. The van der Waals surface area contributed by atoms with Crippen LogP contribution in [-0.4, -0.2) is 47.4 Å². The van der Waals surface area contributed by atoms with Crippen molar-refractivity contribution in [3.05, 3.63) is 0 Å². The van der Waals surface area contributed by atoms with Gasteiger partial charge < -0.3 is 5.11 Å². The van der Waals surface area contributed by atoms with E-state index in [1.807, 2.05) is 0 Å². The van der Waals surface area contributed by atoms with Gasteiger partial charge in [-0.05, 0) is 13.0 Å². The summed E-state index contributed by atoms with van der Waals surface area (Å²) in [6, 6.07) is 0. The molecule has 1 atom stereocenters. The number of hydrazine groups is 1. The Morgan fingerprint density at radius 3 is 2.56 bits per heavy atom. The second-order valence-corrected chi connectivity index (χ2v) is 3.79. The minimum atomic E-state index is -0.829. The lowest BCUT2D eigenvalue weighted by Gasteiger charge is -2.14. The van der Waals surface area contributed by atoms with Gasteiger partial charge in [0.1, 0.15) is 0 Å². The second-order valence-electron chi connectivity index (χ2n) is 3.79. The SMILES string of the molecule is CC(=O)NNC(=O)CN1CCC(C(=O)O)C1. The lowest BCUT2D eigenvalue weighted by atomic mass is 10.1. The van der Waals surface area contributed by atoms with Gasteiger partial charge in [-0.15, -0.1) is 0 Å². The topological polar surface area (TPSA) is 98.7 Å². The summed E-state index contributed by atoms with van der Waals surface area (Å²) in [7, 11) is 0. The van der Waals surface area contributed by atoms with Gasteiger partial charge >= 0.3 is 5.97 Å². The quantitative estimate of drug-likeness (QED) is 0.515. The first kappa shape index (κ1) is 12.4. The molecular weight excluding hydrogens is 214 g/mol. The lowest BCUT2D eigenvalue weighted by Crippen LogP contribution is -2.45. The van der Waals surface area contributed by atoms with Crippen LogP contribution in [0.25, 0.3) is 0 Å². The molecule has 0 saturated carbocycles. The number of carboxylic acid groups (broad SMARTS) is 1. The van der Waals surface area contributed by atoms with Crippen molar-refractivity contribution >= 4 is 17.8 Å². The molecular formula is C9H15N3O4. The summed E-state index contributed by atoms with van der Waals surface area (Å²) in [5.74, 6) is -1.92. The third-order valence-corrected chi connectivity index (χ3v) is 2.37. The molecule has 7 nitrogen and oxygen atoms in total. The zero-order valence-electron chi connectivity index (χ0n) is 9.02. The Bertz CT molecular complexity index is 305. The minimum absolute atomic E-state index is 0.101. The van der Waals surface area contributed by atoms with Gasteiger partial charge in [0.15, 0.2) is 0 Å². The van der Waals surface area contributed by atoms with Gasteiger partial charge in [-0.3, -0.25) is 30.1 Å². The number of hydrogen-bond donors (Lipinski definition) is 3. The molecule has 1 unspecified atom stereocenters. The first-order chi connectivity index (χ1) is 7.49. The van der Waals surface area contributed by atoms with E-state index < -0.39 is 11.9 Å². The maximum absolute atomic E-state index is 11.3. The third kappa shape index (κ3) is 3.85. The van der Waals surface area contributed by atoms with Crippen LogP contribution < -0.4 is 10.9 Å². The number of aliphatic carboxylic acids is 1. The van der Waals surface area contributed by atoms with E-state index in [-0.39, 0.29) is 18.4 Å². The predicted molar refractivity (Wildman–Crippen MR) is 54.1 cm³/mol. The number of carbonyl (C=O) groups is 3. The summed E-state index contributed by atoms with van der Waals surface area (Å²) >= 11 is 0. The first-order valence-electron chi connectivity index (χ1n) is 4.99. The molecule has 1 saturated heterocycles. The number of amides is 2. The second kappa shape index (κ2) is 5.45. The molecule has 2 amide bonds. The molecule has 0 aromatic heterocycles. The van der Waals surface area contributed by atoms with Crippen molar-refractivity contribution in [2.75, 3.05) is 19.6 Å². The van der Waals surface area contributed by atoms with Crippen LogP contribution in [0.5, 0.6) is 0 Å². The maximum atomic E-state index is 11.3. The Hall–Kier alpha value is -1.63. The molecule has 1 heterocycles. The highest BCUT2D eigenvalue weighted by atomic mass is 16.4. The van der Waals surface area contributed by atoms with Crippen LogP contribution in [0.2, 0.25) is 0 Å². The van der Waals surface area contributed by atoms with Crippen molar-refractivity contribution in [1.29, 1.82) is 0 Å². The number of nitrogens with zero attached hydrogens (tertiary/aromatic N) is 1. The van der Waals surface area contributed by atoms with E-state index >= 15 is 0 Å². The molecule has 7 heteroatoms. The normalized spacial score (nSPS) is 20.4. The molecule has 0 bridgehead atoms. The molecule has 1 rings (SSSR count). The van der Waals surface area contributed by atoms with Crippen molar-refractivity contribution in [2.45, 2.75) is 13.3 Å². The Kier molecular flexibility index (Phi) is 4.24. The predicted octanol–water partition coefficient (Wildman–Crippen LogP) is -1.44. The number of likely N-dealkylation sites (tertiary alicyclic amines) is 1. The highest BCUT2D eigenvalue weighted by molar-refractivity contribution is 5.82. The fourth-order valence-corrected chi connectivity index (χ4v) is 1.58. The van der Waals surface area contributed by atoms with Crippen LogP contribution in [0.15, 0.2) is 0 Å². The van der Waals surface area contributed by atoms with Crippen LogP contribution in [0.4, 0.5) is 0 Å². The molecule has 0 aromatic rings. The summed E-state index contributed by atoms with van der Waals surface area (Å²) in [6.45, 7) is 2.36. The molecule has 0 aromatic carbocycles. The van der Waals surface area contributed by atoms with Gasteiger partial charge in [-0.1, -0.05) is 0 Å². The number of nitrogens with one attached hydrogen (secondary N) is 2. The Morgan fingerprint density at radius 2 is 2.06 bits per heavy atom. The van der Waals surface area contributed by atoms with Crippen molar-refractivity contribution in [3.8, 4) is 0 Å². The van der Waals surface area contributed by atoms with Crippen molar-refractivity contribution in [2.24, 2.45) is 5.92 Å². The van der Waals surface area contributed by atoms with Gasteiger partial charge in [-0.25, -0.2) is 0 Å². The van der Waals surface area contributed by atoms with Gasteiger partial charge in [0.25, 0.3) is 5.91 Å². The fourth-order valence-electron chi connectivity index (χ4n) is 1.58. The highest BCUT2D eigenvalue weighted by Gasteiger charge is 2.28. The molecule has 16 heavy (non-hydrogen) atoms. The fraction of sp³-hybridized carbons (Fsp3) is 0.667. The smallest absolute Gasteiger partial charge is 0.307 e. The summed E-state index contributed by atoms with van der Waals surface area (Å²) in [5, 5.41) is 8.76. The van der Waals surface area contributed by atoms with Crippen molar-refractivity contribution in [1.82, 2.24) is 15.8 Å². The molecule has 0 aliphatic carbocycles. The third-order valence-electron chi connectivity index (χ3n) is 2.37. The molecule has 1 aliphatic heterocycles. The maximum Gasteiger partial charge on any atom is 0.307 e. The van der Waals surface area contributed by atoms with Crippen LogP contribution in [0.3, 0.4) is 0 Å². The number of rotatable bonds is 3. The summed E-state index contributed by atoms with van der Waals surface area (Å²) in [4.78, 5) is 34.2. The van der Waals surface area contributed by atoms with E-state index in [4.69, 9.17) is 5.11 Å². The molecule has 0 spiro atoms. The number of carbonyl (C=O) groups excluding carboxylic acids is 2. The largest absolute Gasteiger partial charge is 0.481 e. The monoisotopic (exact) mass is 229 g/mol. The van der Waals surface area contributed by atoms with E-state index in [0.29, 0.717) is 19.5 Å². The van der Waals surface area contributed by atoms with E-state index in [9.17, 15) is 14.4 Å². The number of hydrogen-bond acceptors (Lipinski definition) is 4. The van der Waals surface area contributed by atoms with Crippen LogP contribution >= 0.6 is 0 Å². The zero-order chi connectivity index (χ0) is 12.1. The van der Waals surface area contributed by atoms with Gasteiger partial charge in [0, 0.05) is 13.5 Å². The van der Waals surface area contributed by atoms with Crippen LogP contribution in [0, 0.1) is 5.92 Å². The zero-order valence-corrected chi connectivity index (χ0v) is 9.02. The molecule has 1 aliphatic rings. The Balaban J connectivity index is 2.26. The van der Waals surface area contributed by atoms with E-state index in [0.717, 1.165) is 0 Å². The minimum Gasteiger partial charge on any atom is -0.481 e. The molecule has 1 fully saturated rings. The summed E-state index contributed by atoms with van der Waals surface area (Å²) < 4.78 is 0. The molecule has 3 N–H and O–H groups in total. The Labute approximate surface area is 92.8 Å².